The van der Waals surface area contributed by atoms with Crippen LogP contribution in [0.4, 0.5) is 0 Å². The fraction of sp³-hybridized carbons (Fsp3) is 0.261. The quantitative estimate of drug-likeness (QED) is 0.358. The average molecular weight is 409 g/mol. The van der Waals surface area contributed by atoms with Crippen molar-refractivity contribution in [3.8, 4) is 11.5 Å². The summed E-state index contributed by atoms with van der Waals surface area (Å²) in [6.07, 6.45) is 2.50. The Morgan fingerprint density at radius 1 is 1.10 bits per heavy atom. The van der Waals surface area contributed by atoms with E-state index >= 15 is 0 Å². The number of carbonyl (C=O) groups is 1. The van der Waals surface area contributed by atoms with Gasteiger partial charge in [0.1, 0.15) is 29.4 Å². The normalized spacial score (nSPS) is 11.2. The zero-order valence-electron chi connectivity index (χ0n) is 16.6. The lowest BCUT2D eigenvalue weighted by Gasteiger charge is -2.07. The SMILES string of the molecule is CCOCCCOc1ccc2c(COc3cccc4[nH]c(C(=O)O)cc34)coc2c1. The number of aromatic amines is 1. The molecule has 0 saturated carbocycles. The van der Waals surface area contributed by atoms with Gasteiger partial charge in [-0.25, -0.2) is 4.79 Å². The van der Waals surface area contributed by atoms with Gasteiger partial charge in [0.2, 0.25) is 0 Å². The third-order valence-corrected chi connectivity index (χ3v) is 4.77. The minimum absolute atomic E-state index is 0.128. The van der Waals surface area contributed by atoms with E-state index in [1.165, 1.54) is 0 Å². The highest BCUT2D eigenvalue weighted by Gasteiger charge is 2.13. The zero-order chi connectivity index (χ0) is 20.9. The molecule has 2 N–H and O–H groups in total. The molecule has 2 aromatic heterocycles. The predicted octanol–water partition coefficient (Wildman–Crippen LogP) is 5.00. The summed E-state index contributed by atoms with van der Waals surface area (Å²) in [4.78, 5) is 14.1. The summed E-state index contributed by atoms with van der Waals surface area (Å²) in [5, 5.41) is 10.9. The van der Waals surface area contributed by atoms with E-state index in [9.17, 15) is 9.90 Å². The van der Waals surface area contributed by atoms with Crippen molar-refractivity contribution in [1.29, 1.82) is 0 Å². The summed E-state index contributed by atoms with van der Waals surface area (Å²) < 4.78 is 22.7. The summed E-state index contributed by atoms with van der Waals surface area (Å²) in [5.41, 5.74) is 2.47. The standard InChI is InChI=1S/C23H23NO6/c1-2-27-9-4-10-28-16-7-8-17-15(14-30-22(17)11-16)13-29-21-6-3-5-19-18(21)12-20(24-19)23(25)26/h3,5-8,11-12,14,24H,2,4,9-10,13H2,1H3,(H,25,26). The van der Waals surface area contributed by atoms with Gasteiger partial charge >= 0.3 is 5.97 Å². The summed E-state index contributed by atoms with van der Waals surface area (Å²) in [6.45, 7) is 4.25. The number of aromatic carboxylic acids is 1. The van der Waals surface area contributed by atoms with Gasteiger partial charge in [0.25, 0.3) is 0 Å². The molecule has 0 aliphatic carbocycles. The first-order valence-electron chi connectivity index (χ1n) is 9.84. The lowest BCUT2D eigenvalue weighted by atomic mass is 10.2. The maximum Gasteiger partial charge on any atom is 0.352 e. The van der Waals surface area contributed by atoms with Gasteiger partial charge < -0.3 is 28.7 Å². The monoisotopic (exact) mass is 409 g/mol. The van der Waals surface area contributed by atoms with Crippen molar-refractivity contribution in [3.63, 3.8) is 0 Å². The number of H-pyrrole nitrogens is 1. The molecule has 7 nitrogen and oxygen atoms in total. The van der Waals surface area contributed by atoms with Crippen LogP contribution in [0.15, 0.2) is 53.1 Å². The maximum atomic E-state index is 11.2. The van der Waals surface area contributed by atoms with Gasteiger partial charge in [0, 0.05) is 47.6 Å². The molecule has 4 rings (SSSR count). The van der Waals surface area contributed by atoms with E-state index in [2.05, 4.69) is 4.98 Å². The van der Waals surface area contributed by atoms with Crippen molar-refractivity contribution in [2.75, 3.05) is 19.8 Å². The molecular weight excluding hydrogens is 386 g/mol. The Morgan fingerprint density at radius 2 is 2.00 bits per heavy atom. The van der Waals surface area contributed by atoms with Crippen molar-refractivity contribution >= 4 is 27.8 Å². The molecular formula is C23H23NO6. The largest absolute Gasteiger partial charge is 0.493 e. The summed E-state index contributed by atoms with van der Waals surface area (Å²) in [7, 11) is 0. The first kappa shape index (κ1) is 19.8. The molecule has 0 atom stereocenters. The lowest BCUT2D eigenvalue weighted by Crippen LogP contribution is -2.02. The predicted molar refractivity (Wildman–Crippen MR) is 112 cm³/mol. The van der Waals surface area contributed by atoms with E-state index in [0.29, 0.717) is 37.7 Å². The minimum Gasteiger partial charge on any atom is -0.493 e. The molecule has 0 fully saturated rings. The van der Waals surface area contributed by atoms with Crippen molar-refractivity contribution in [1.82, 2.24) is 4.98 Å². The van der Waals surface area contributed by atoms with Gasteiger partial charge in [-0.05, 0) is 37.3 Å². The van der Waals surface area contributed by atoms with Gasteiger partial charge in [-0.3, -0.25) is 0 Å². The van der Waals surface area contributed by atoms with Crippen LogP contribution in [0.1, 0.15) is 29.4 Å². The fourth-order valence-corrected chi connectivity index (χ4v) is 3.28. The summed E-state index contributed by atoms with van der Waals surface area (Å²) >= 11 is 0. The number of furan rings is 1. The van der Waals surface area contributed by atoms with Crippen LogP contribution in [0.5, 0.6) is 11.5 Å². The zero-order valence-corrected chi connectivity index (χ0v) is 16.6. The number of ether oxygens (including phenoxy) is 3. The number of carboxylic acid groups (broad SMARTS) is 1. The van der Waals surface area contributed by atoms with Crippen molar-refractivity contribution in [2.45, 2.75) is 20.0 Å². The molecule has 0 radical (unpaired) electrons. The van der Waals surface area contributed by atoms with E-state index < -0.39 is 5.97 Å². The lowest BCUT2D eigenvalue weighted by molar-refractivity contribution is 0.0691. The maximum absolute atomic E-state index is 11.2. The Balaban J connectivity index is 1.44. The highest BCUT2D eigenvalue weighted by atomic mass is 16.5. The molecule has 0 amide bonds. The van der Waals surface area contributed by atoms with E-state index in [1.807, 2.05) is 43.3 Å². The van der Waals surface area contributed by atoms with Crippen LogP contribution >= 0.6 is 0 Å². The molecule has 4 aromatic rings. The highest BCUT2D eigenvalue weighted by molar-refractivity contribution is 5.96. The number of hydrogen-bond donors (Lipinski definition) is 2. The van der Waals surface area contributed by atoms with Crippen molar-refractivity contribution < 1.29 is 28.5 Å². The third kappa shape index (κ3) is 4.26. The number of hydrogen-bond acceptors (Lipinski definition) is 5. The molecule has 0 bridgehead atoms. The number of carboxylic acids is 1. The second-order valence-electron chi connectivity index (χ2n) is 6.81. The molecule has 0 spiro atoms. The van der Waals surface area contributed by atoms with Gasteiger partial charge in [-0.1, -0.05) is 6.07 Å². The van der Waals surface area contributed by atoms with Crippen LogP contribution in [0, 0.1) is 0 Å². The van der Waals surface area contributed by atoms with Crippen LogP contribution in [-0.2, 0) is 11.3 Å². The number of benzene rings is 2. The molecule has 30 heavy (non-hydrogen) atoms. The molecule has 0 aliphatic heterocycles. The number of rotatable bonds is 10. The molecule has 156 valence electrons. The van der Waals surface area contributed by atoms with Gasteiger partial charge in [-0.15, -0.1) is 0 Å². The number of aromatic nitrogens is 1. The average Bonchev–Trinajstić information content (AvgIpc) is 3.36. The van der Waals surface area contributed by atoms with Crippen LogP contribution in [-0.4, -0.2) is 35.9 Å². The summed E-state index contributed by atoms with van der Waals surface area (Å²) in [5.74, 6) is 0.354. The van der Waals surface area contributed by atoms with Crippen molar-refractivity contribution in [2.24, 2.45) is 0 Å². The smallest absolute Gasteiger partial charge is 0.352 e. The second-order valence-corrected chi connectivity index (χ2v) is 6.81. The Morgan fingerprint density at radius 3 is 2.83 bits per heavy atom. The topological polar surface area (TPSA) is 93.9 Å². The van der Waals surface area contributed by atoms with E-state index in [1.54, 1.807) is 12.3 Å². The van der Waals surface area contributed by atoms with Gasteiger partial charge in [-0.2, -0.15) is 0 Å². The fourth-order valence-electron chi connectivity index (χ4n) is 3.28. The Kier molecular flexibility index (Phi) is 5.90. The Bertz CT molecular complexity index is 1160. The van der Waals surface area contributed by atoms with E-state index in [0.717, 1.165) is 34.1 Å². The molecule has 7 heteroatoms. The molecule has 2 heterocycles. The first-order valence-corrected chi connectivity index (χ1v) is 9.84. The molecule has 0 unspecified atom stereocenters. The molecule has 0 aliphatic rings. The molecule has 0 saturated heterocycles. The number of fused-ring (bicyclic) bond motifs is 2. The summed E-state index contributed by atoms with van der Waals surface area (Å²) in [6, 6.07) is 12.8. The van der Waals surface area contributed by atoms with Gasteiger partial charge in [0.15, 0.2) is 0 Å². The number of nitrogens with one attached hydrogen (secondary N) is 1. The van der Waals surface area contributed by atoms with E-state index in [-0.39, 0.29) is 5.69 Å². The van der Waals surface area contributed by atoms with Crippen LogP contribution < -0.4 is 9.47 Å². The van der Waals surface area contributed by atoms with Crippen LogP contribution in [0.3, 0.4) is 0 Å². The van der Waals surface area contributed by atoms with Crippen molar-refractivity contribution in [3.05, 3.63) is 60.0 Å². The van der Waals surface area contributed by atoms with Crippen LogP contribution in [0.2, 0.25) is 0 Å². The first-order chi connectivity index (χ1) is 14.7. The second kappa shape index (κ2) is 8.92. The van der Waals surface area contributed by atoms with E-state index in [4.69, 9.17) is 18.6 Å². The Labute approximate surface area is 173 Å². The Hall–Kier alpha value is -3.45. The minimum atomic E-state index is -1.01. The highest BCUT2D eigenvalue weighted by Crippen LogP contribution is 2.30. The third-order valence-electron chi connectivity index (χ3n) is 4.77. The molecule has 2 aromatic carbocycles. The van der Waals surface area contributed by atoms with Gasteiger partial charge in [0.05, 0.1) is 12.9 Å². The van der Waals surface area contributed by atoms with Crippen LogP contribution in [0.25, 0.3) is 21.9 Å².